The molecule has 88 valence electrons. The molecule has 5 heteroatoms. The van der Waals surface area contributed by atoms with Gasteiger partial charge in [-0.2, -0.15) is 13.2 Å². The van der Waals surface area contributed by atoms with Gasteiger partial charge in [0.25, 0.3) is 0 Å². The molecular weight excluding hydrogens is 222 g/mol. The molecule has 1 aromatic carbocycles. The van der Waals surface area contributed by atoms with Crippen LogP contribution in [0.1, 0.15) is 23.5 Å². The van der Waals surface area contributed by atoms with Crippen molar-refractivity contribution in [1.29, 1.82) is 0 Å². The van der Waals surface area contributed by atoms with Crippen LogP contribution in [0.3, 0.4) is 0 Å². The standard InChI is InChI=1S/C11H11F4N/c12-10-5-8(11(13,14)15)1-2-9(10)7-3-4-16-6-7/h1-2,5,7,16H,3-4,6H2/t7-/m1/s1. The van der Waals surface area contributed by atoms with Crippen LogP contribution in [0.5, 0.6) is 0 Å². The molecule has 1 N–H and O–H groups in total. The molecule has 0 amide bonds. The smallest absolute Gasteiger partial charge is 0.316 e. The second-order valence-electron chi connectivity index (χ2n) is 3.92. The number of rotatable bonds is 1. The number of halogens is 4. The van der Waals surface area contributed by atoms with Crippen molar-refractivity contribution in [2.24, 2.45) is 0 Å². The monoisotopic (exact) mass is 233 g/mol. The van der Waals surface area contributed by atoms with Crippen LogP contribution in [0.2, 0.25) is 0 Å². The van der Waals surface area contributed by atoms with Crippen LogP contribution in [0.25, 0.3) is 0 Å². The molecule has 1 aliphatic heterocycles. The Balaban J connectivity index is 2.29. The van der Waals surface area contributed by atoms with Crippen molar-refractivity contribution in [2.45, 2.75) is 18.5 Å². The van der Waals surface area contributed by atoms with Gasteiger partial charge < -0.3 is 5.32 Å². The zero-order valence-corrected chi connectivity index (χ0v) is 8.44. The fraction of sp³-hybridized carbons (Fsp3) is 0.455. The molecule has 1 nitrogen and oxygen atoms in total. The Bertz CT molecular complexity index is 380. The van der Waals surface area contributed by atoms with Gasteiger partial charge in [0.05, 0.1) is 5.56 Å². The third-order valence-corrected chi connectivity index (χ3v) is 2.83. The summed E-state index contributed by atoms with van der Waals surface area (Å²) in [5.41, 5.74) is -0.558. The van der Waals surface area contributed by atoms with Gasteiger partial charge in [-0.1, -0.05) is 6.07 Å². The van der Waals surface area contributed by atoms with Crippen molar-refractivity contribution < 1.29 is 17.6 Å². The Morgan fingerprint density at radius 3 is 2.50 bits per heavy atom. The summed E-state index contributed by atoms with van der Waals surface area (Å²) >= 11 is 0. The number of hydrogen-bond donors (Lipinski definition) is 1. The quantitative estimate of drug-likeness (QED) is 0.735. The average Bonchev–Trinajstić information content (AvgIpc) is 2.69. The van der Waals surface area contributed by atoms with Gasteiger partial charge in [0.1, 0.15) is 5.82 Å². The summed E-state index contributed by atoms with van der Waals surface area (Å²) in [6.45, 7) is 1.41. The molecule has 1 fully saturated rings. The van der Waals surface area contributed by atoms with Crippen LogP contribution in [-0.2, 0) is 6.18 Å². The first-order valence-electron chi connectivity index (χ1n) is 5.06. The summed E-state index contributed by atoms with van der Waals surface area (Å²) < 4.78 is 50.4. The fourth-order valence-electron chi connectivity index (χ4n) is 1.95. The van der Waals surface area contributed by atoms with Crippen LogP contribution < -0.4 is 5.32 Å². The fourth-order valence-corrected chi connectivity index (χ4v) is 1.95. The Labute approximate surface area is 90.5 Å². The number of alkyl halides is 3. The maximum absolute atomic E-state index is 13.5. The van der Waals surface area contributed by atoms with Gasteiger partial charge in [-0.15, -0.1) is 0 Å². The first-order chi connectivity index (χ1) is 7.48. The lowest BCUT2D eigenvalue weighted by Gasteiger charge is -2.12. The number of hydrogen-bond acceptors (Lipinski definition) is 1. The van der Waals surface area contributed by atoms with Crippen LogP contribution >= 0.6 is 0 Å². The topological polar surface area (TPSA) is 12.0 Å². The van der Waals surface area contributed by atoms with Gasteiger partial charge >= 0.3 is 6.18 Å². The van der Waals surface area contributed by atoms with E-state index in [9.17, 15) is 17.6 Å². The molecule has 0 saturated carbocycles. The molecule has 1 aromatic rings. The number of benzene rings is 1. The molecule has 0 bridgehead atoms. The van der Waals surface area contributed by atoms with Gasteiger partial charge in [-0.05, 0) is 30.7 Å². The molecule has 1 heterocycles. The minimum absolute atomic E-state index is 0.0118. The molecule has 0 aliphatic carbocycles. The van der Waals surface area contributed by atoms with Crippen molar-refractivity contribution in [3.8, 4) is 0 Å². The lowest BCUT2D eigenvalue weighted by atomic mass is 9.96. The Kier molecular flexibility index (Phi) is 2.88. The molecule has 1 atom stereocenters. The van der Waals surface area contributed by atoms with Crippen molar-refractivity contribution in [2.75, 3.05) is 13.1 Å². The summed E-state index contributed by atoms with van der Waals surface area (Å²) in [5.74, 6) is -0.772. The molecule has 2 rings (SSSR count). The van der Waals surface area contributed by atoms with E-state index in [4.69, 9.17) is 0 Å². The molecule has 0 radical (unpaired) electrons. The van der Waals surface area contributed by atoms with Crippen molar-refractivity contribution in [1.82, 2.24) is 5.32 Å². The van der Waals surface area contributed by atoms with Crippen LogP contribution in [-0.4, -0.2) is 13.1 Å². The van der Waals surface area contributed by atoms with Crippen LogP contribution in [0.15, 0.2) is 18.2 Å². The third kappa shape index (κ3) is 2.19. The van der Waals surface area contributed by atoms with Crippen molar-refractivity contribution in [3.63, 3.8) is 0 Å². The van der Waals surface area contributed by atoms with Crippen molar-refractivity contribution >= 4 is 0 Å². The van der Waals surface area contributed by atoms with Crippen LogP contribution in [0, 0.1) is 5.82 Å². The first-order valence-corrected chi connectivity index (χ1v) is 5.06. The Morgan fingerprint density at radius 2 is 2.00 bits per heavy atom. The average molecular weight is 233 g/mol. The van der Waals surface area contributed by atoms with Gasteiger partial charge in [0.2, 0.25) is 0 Å². The molecule has 16 heavy (non-hydrogen) atoms. The lowest BCUT2D eigenvalue weighted by Crippen LogP contribution is -2.10. The second-order valence-corrected chi connectivity index (χ2v) is 3.92. The molecule has 0 unspecified atom stereocenters. The lowest BCUT2D eigenvalue weighted by molar-refractivity contribution is -0.137. The van der Waals surface area contributed by atoms with E-state index in [0.29, 0.717) is 18.2 Å². The normalized spacial score (nSPS) is 21.4. The highest BCUT2D eigenvalue weighted by atomic mass is 19.4. The predicted molar refractivity (Wildman–Crippen MR) is 51.6 cm³/mol. The first kappa shape index (κ1) is 11.4. The molecule has 1 aliphatic rings. The molecule has 0 spiro atoms. The van der Waals surface area contributed by atoms with E-state index in [1.54, 1.807) is 0 Å². The third-order valence-electron chi connectivity index (χ3n) is 2.83. The minimum Gasteiger partial charge on any atom is -0.316 e. The van der Waals surface area contributed by atoms with E-state index >= 15 is 0 Å². The predicted octanol–water partition coefficient (Wildman–Crippen LogP) is 2.92. The molecule has 1 saturated heterocycles. The highest BCUT2D eigenvalue weighted by Crippen LogP contribution is 2.32. The summed E-state index contributed by atoms with van der Waals surface area (Å²) in [6.07, 6.45) is -3.71. The van der Waals surface area contributed by atoms with E-state index in [1.165, 1.54) is 6.07 Å². The SMILES string of the molecule is Fc1cc(C(F)(F)F)ccc1[C@@H]1CCNC1. The molecule has 0 aromatic heterocycles. The largest absolute Gasteiger partial charge is 0.416 e. The van der Waals surface area contributed by atoms with E-state index < -0.39 is 17.6 Å². The highest BCUT2D eigenvalue weighted by Gasteiger charge is 2.32. The van der Waals surface area contributed by atoms with Gasteiger partial charge in [0.15, 0.2) is 0 Å². The van der Waals surface area contributed by atoms with Crippen molar-refractivity contribution in [3.05, 3.63) is 35.1 Å². The van der Waals surface area contributed by atoms with Gasteiger partial charge in [0, 0.05) is 12.5 Å². The molecular formula is C11H11F4N. The maximum Gasteiger partial charge on any atom is 0.416 e. The Hall–Kier alpha value is -1.10. The summed E-state index contributed by atoms with van der Waals surface area (Å²) in [4.78, 5) is 0. The van der Waals surface area contributed by atoms with E-state index in [-0.39, 0.29) is 5.92 Å². The highest BCUT2D eigenvalue weighted by molar-refractivity contribution is 5.29. The van der Waals surface area contributed by atoms with E-state index in [0.717, 1.165) is 19.0 Å². The maximum atomic E-state index is 13.5. The minimum atomic E-state index is -4.48. The second kappa shape index (κ2) is 4.05. The van der Waals surface area contributed by atoms with Gasteiger partial charge in [-0.25, -0.2) is 4.39 Å². The summed E-state index contributed by atoms with van der Waals surface area (Å²) in [7, 11) is 0. The van der Waals surface area contributed by atoms with E-state index in [1.807, 2.05) is 0 Å². The number of nitrogens with one attached hydrogen (secondary N) is 1. The van der Waals surface area contributed by atoms with Gasteiger partial charge in [-0.3, -0.25) is 0 Å². The summed E-state index contributed by atoms with van der Waals surface area (Å²) in [5, 5.41) is 3.05. The zero-order chi connectivity index (χ0) is 11.8. The van der Waals surface area contributed by atoms with E-state index in [2.05, 4.69) is 5.32 Å². The summed E-state index contributed by atoms with van der Waals surface area (Å²) in [6, 6.07) is 2.76. The zero-order valence-electron chi connectivity index (χ0n) is 8.44. The Morgan fingerprint density at radius 1 is 1.25 bits per heavy atom. The van der Waals surface area contributed by atoms with Crippen LogP contribution in [0.4, 0.5) is 17.6 Å².